The van der Waals surface area contributed by atoms with Gasteiger partial charge in [0.2, 0.25) is 0 Å². The van der Waals surface area contributed by atoms with E-state index in [9.17, 15) is 8.78 Å². The zero-order valence-electron chi connectivity index (χ0n) is 12.4. The van der Waals surface area contributed by atoms with Crippen LogP contribution in [0.4, 0.5) is 8.78 Å². The fraction of sp³-hybridized carbons (Fsp3) is 0.400. The Morgan fingerprint density at radius 3 is 2.71 bits per heavy atom. The van der Waals surface area contributed by atoms with E-state index in [1.807, 2.05) is 14.0 Å². The summed E-state index contributed by atoms with van der Waals surface area (Å²) in [5.74, 6) is -1.66. The van der Waals surface area contributed by atoms with E-state index in [2.05, 4.69) is 17.3 Å². The van der Waals surface area contributed by atoms with Gasteiger partial charge in [-0.1, -0.05) is 18.7 Å². The first-order valence-electron chi connectivity index (χ1n) is 6.89. The van der Waals surface area contributed by atoms with Gasteiger partial charge in [-0.3, -0.25) is 4.68 Å². The van der Waals surface area contributed by atoms with Gasteiger partial charge in [-0.05, 0) is 38.1 Å². The average Bonchev–Trinajstić information content (AvgIpc) is 2.70. The van der Waals surface area contributed by atoms with Gasteiger partial charge in [-0.15, -0.1) is 0 Å². The lowest BCUT2D eigenvalue weighted by atomic mass is 10.2. The molecule has 1 N–H and O–H groups in total. The van der Waals surface area contributed by atoms with Gasteiger partial charge in [0, 0.05) is 24.1 Å². The van der Waals surface area contributed by atoms with E-state index in [1.165, 1.54) is 17.8 Å². The quantitative estimate of drug-likeness (QED) is 0.826. The van der Waals surface area contributed by atoms with Crippen LogP contribution in [-0.2, 0) is 13.6 Å². The molecular formula is C15H19F2N3S. The van der Waals surface area contributed by atoms with Gasteiger partial charge in [0.25, 0.3) is 0 Å². The fourth-order valence-corrected chi connectivity index (χ4v) is 3.09. The van der Waals surface area contributed by atoms with Crippen molar-refractivity contribution >= 4 is 11.8 Å². The summed E-state index contributed by atoms with van der Waals surface area (Å²) in [5.41, 5.74) is 2.05. The molecule has 2 rings (SSSR count). The van der Waals surface area contributed by atoms with Crippen LogP contribution in [0.1, 0.15) is 24.6 Å². The lowest BCUT2D eigenvalue weighted by Crippen LogP contribution is -2.14. The molecule has 0 fully saturated rings. The molecule has 0 aliphatic carbocycles. The first-order chi connectivity index (χ1) is 10.0. The Balaban J connectivity index is 2.23. The van der Waals surface area contributed by atoms with Crippen molar-refractivity contribution in [1.29, 1.82) is 0 Å². The predicted molar refractivity (Wildman–Crippen MR) is 80.4 cm³/mol. The number of nitrogens with one attached hydrogen (secondary N) is 1. The van der Waals surface area contributed by atoms with Gasteiger partial charge in [-0.25, -0.2) is 8.78 Å². The summed E-state index contributed by atoms with van der Waals surface area (Å²) in [7, 11) is 1.86. The number of hydrogen-bond donors (Lipinski definition) is 1. The molecule has 0 atom stereocenters. The van der Waals surface area contributed by atoms with Crippen LogP contribution in [0.3, 0.4) is 0 Å². The molecule has 0 saturated heterocycles. The zero-order valence-corrected chi connectivity index (χ0v) is 13.2. The van der Waals surface area contributed by atoms with Crippen LogP contribution < -0.4 is 5.32 Å². The van der Waals surface area contributed by atoms with Crippen LogP contribution in [0, 0.1) is 18.6 Å². The van der Waals surface area contributed by atoms with Crippen LogP contribution >= 0.6 is 11.8 Å². The molecular weight excluding hydrogens is 292 g/mol. The van der Waals surface area contributed by atoms with E-state index in [4.69, 9.17) is 0 Å². The summed E-state index contributed by atoms with van der Waals surface area (Å²) in [5, 5.41) is 8.71. The number of halogens is 2. The Hall–Kier alpha value is -1.40. The number of benzene rings is 1. The van der Waals surface area contributed by atoms with Gasteiger partial charge < -0.3 is 5.32 Å². The second-order valence-corrected chi connectivity index (χ2v) is 5.91. The van der Waals surface area contributed by atoms with E-state index in [0.29, 0.717) is 4.90 Å². The third-order valence-electron chi connectivity index (χ3n) is 3.12. The molecule has 0 unspecified atom stereocenters. The largest absolute Gasteiger partial charge is 0.313 e. The predicted octanol–water partition coefficient (Wildman–Crippen LogP) is 3.66. The molecule has 0 radical (unpaired) electrons. The highest BCUT2D eigenvalue weighted by Gasteiger charge is 2.15. The van der Waals surface area contributed by atoms with Gasteiger partial charge in [0.1, 0.15) is 5.03 Å². The molecule has 3 nitrogen and oxygen atoms in total. The van der Waals surface area contributed by atoms with E-state index < -0.39 is 11.6 Å². The summed E-state index contributed by atoms with van der Waals surface area (Å²) in [4.78, 5) is 0.661. The topological polar surface area (TPSA) is 29.9 Å². The Labute approximate surface area is 127 Å². The van der Waals surface area contributed by atoms with Crippen LogP contribution in [-0.4, -0.2) is 16.3 Å². The summed E-state index contributed by atoms with van der Waals surface area (Å²) in [6.45, 7) is 5.72. The third-order valence-corrected chi connectivity index (χ3v) is 4.32. The van der Waals surface area contributed by atoms with Crippen molar-refractivity contribution in [3.05, 3.63) is 41.1 Å². The second-order valence-electron chi connectivity index (χ2n) is 4.85. The maximum Gasteiger partial charge on any atom is 0.159 e. The fourth-order valence-electron chi connectivity index (χ4n) is 2.05. The van der Waals surface area contributed by atoms with Gasteiger partial charge in [0.05, 0.1) is 5.69 Å². The van der Waals surface area contributed by atoms with E-state index in [0.717, 1.165) is 41.9 Å². The second kappa shape index (κ2) is 7.04. The normalized spacial score (nSPS) is 11.1. The highest BCUT2D eigenvalue weighted by Crippen LogP contribution is 2.32. The minimum Gasteiger partial charge on any atom is -0.313 e. The van der Waals surface area contributed by atoms with Crippen molar-refractivity contribution in [3.8, 4) is 0 Å². The maximum absolute atomic E-state index is 13.3. The molecule has 1 heterocycles. The maximum atomic E-state index is 13.3. The number of aryl methyl sites for hydroxylation is 2. The SMILES string of the molecule is CCCNCc1c(C)nn(C)c1Sc1ccc(F)c(F)c1. The van der Waals surface area contributed by atoms with Gasteiger partial charge >= 0.3 is 0 Å². The standard InChI is InChI=1S/C15H19F2N3S/c1-4-7-18-9-12-10(2)19-20(3)15(12)21-11-5-6-13(16)14(17)8-11/h5-6,8,18H,4,7,9H2,1-3H3. The molecule has 0 saturated carbocycles. The molecule has 0 aliphatic heterocycles. The van der Waals surface area contributed by atoms with Crippen molar-refractivity contribution in [2.45, 2.75) is 36.7 Å². The molecule has 6 heteroatoms. The molecule has 21 heavy (non-hydrogen) atoms. The Morgan fingerprint density at radius 2 is 2.05 bits per heavy atom. The van der Waals surface area contributed by atoms with Crippen LogP contribution in [0.2, 0.25) is 0 Å². The van der Waals surface area contributed by atoms with Crippen LogP contribution in [0.25, 0.3) is 0 Å². The minimum atomic E-state index is -0.829. The highest BCUT2D eigenvalue weighted by atomic mass is 32.2. The molecule has 0 aliphatic rings. The summed E-state index contributed by atoms with van der Waals surface area (Å²) in [6.07, 6.45) is 1.06. The van der Waals surface area contributed by atoms with Crippen LogP contribution in [0.5, 0.6) is 0 Å². The Kier molecular flexibility index (Phi) is 5.36. The lowest BCUT2D eigenvalue weighted by Gasteiger charge is -2.08. The molecule has 2 aromatic rings. The first-order valence-corrected chi connectivity index (χ1v) is 7.70. The molecule has 1 aromatic carbocycles. The Morgan fingerprint density at radius 1 is 1.29 bits per heavy atom. The lowest BCUT2D eigenvalue weighted by molar-refractivity contribution is 0.506. The van der Waals surface area contributed by atoms with Gasteiger partial charge in [0.15, 0.2) is 11.6 Å². The van der Waals surface area contributed by atoms with Crippen molar-refractivity contribution in [2.75, 3.05) is 6.54 Å². The summed E-state index contributed by atoms with van der Waals surface area (Å²) < 4.78 is 28.1. The van der Waals surface area contributed by atoms with Crippen molar-refractivity contribution in [3.63, 3.8) is 0 Å². The van der Waals surface area contributed by atoms with Crippen molar-refractivity contribution < 1.29 is 8.78 Å². The van der Waals surface area contributed by atoms with Crippen molar-refractivity contribution in [2.24, 2.45) is 7.05 Å². The first kappa shape index (κ1) is 16.0. The smallest absolute Gasteiger partial charge is 0.159 e. The number of nitrogens with zero attached hydrogens (tertiary/aromatic N) is 2. The average molecular weight is 311 g/mol. The van der Waals surface area contributed by atoms with E-state index in [1.54, 1.807) is 10.7 Å². The molecule has 1 aromatic heterocycles. The number of aromatic nitrogens is 2. The number of hydrogen-bond acceptors (Lipinski definition) is 3. The molecule has 0 spiro atoms. The van der Waals surface area contributed by atoms with Crippen LogP contribution in [0.15, 0.2) is 28.1 Å². The summed E-state index contributed by atoms with van der Waals surface area (Å²) >= 11 is 1.40. The minimum absolute atomic E-state index is 0.661. The molecule has 114 valence electrons. The van der Waals surface area contributed by atoms with E-state index >= 15 is 0 Å². The highest BCUT2D eigenvalue weighted by molar-refractivity contribution is 7.99. The third kappa shape index (κ3) is 3.83. The molecule has 0 amide bonds. The summed E-state index contributed by atoms with van der Waals surface area (Å²) in [6, 6.07) is 3.94. The van der Waals surface area contributed by atoms with E-state index in [-0.39, 0.29) is 0 Å². The van der Waals surface area contributed by atoms with Gasteiger partial charge in [-0.2, -0.15) is 5.10 Å². The number of rotatable bonds is 6. The Bertz CT molecular complexity index is 626. The van der Waals surface area contributed by atoms with Crippen molar-refractivity contribution in [1.82, 2.24) is 15.1 Å². The molecule has 0 bridgehead atoms. The monoisotopic (exact) mass is 311 g/mol. The zero-order chi connectivity index (χ0) is 15.4.